The summed E-state index contributed by atoms with van der Waals surface area (Å²) in [6.07, 6.45) is 2.58. The van der Waals surface area contributed by atoms with Gasteiger partial charge in [-0.2, -0.15) is 0 Å². The maximum atomic E-state index is 13.5. The molecule has 0 aromatic heterocycles. The van der Waals surface area contributed by atoms with Crippen molar-refractivity contribution in [2.45, 2.75) is 19.3 Å². The Labute approximate surface area is 146 Å². The number of benzene rings is 2. The topological polar surface area (TPSA) is 29.5 Å². The predicted molar refractivity (Wildman–Crippen MR) is 91.5 cm³/mol. The molecule has 1 heterocycles. The molecule has 0 atom stereocenters. The molecule has 0 spiro atoms. The highest BCUT2D eigenvalue weighted by molar-refractivity contribution is 5.94. The van der Waals surface area contributed by atoms with Crippen LogP contribution in [0.3, 0.4) is 0 Å². The van der Waals surface area contributed by atoms with E-state index < -0.39 is 5.82 Å². The van der Waals surface area contributed by atoms with Gasteiger partial charge in [0.15, 0.2) is 11.6 Å². The van der Waals surface area contributed by atoms with Gasteiger partial charge in [-0.15, -0.1) is 0 Å². The summed E-state index contributed by atoms with van der Waals surface area (Å²) in [5.41, 5.74) is 0.390. The number of nitrogens with zero attached hydrogens (tertiary/aromatic N) is 1. The van der Waals surface area contributed by atoms with Crippen molar-refractivity contribution in [1.29, 1.82) is 0 Å². The number of ether oxygens (including phenoxy) is 1. The van der Waals surface area contributed by atoms with E-state index in [1.807, 2.05) is 0 Å². The smallest absolute Gasteiger partial charge is 0.253 e. The lowest BCUT2D eigenvalue weighted by molar-refractivity contribution is 0.0679. The Kier molecular flexibility index (Phi) is 5.64. The van der Waals surface area contributed by atoms with Crippen molar-refractivity contribution >= 4 is 5.91 Å². The monoisotopic (exact) mass is 345 g/mol. The zero-order valence-corrected chi connectivity index (χ0v) is 14.0. The number of hydrogen-bond acceptors (Lipinski definition) is 2. The van der Waals surface area contributed by atoms with Crippen LogP contribution in [0.2, 0.25) is 0 Å². The van der Waals surface area contributed by atoms with E-state index in [2.05, 4.69) is 0 Å². The summed E-state index contributed by atoms with van der Waals surface area (Å²) in [5.74, 6) is -0.144. The molecule has 25 heavy (non-hydrogen) atoms. The third kappa shape index (κ3) is 4.56. The molecule has 3 nitrogen and oxygen atoms in total. The molecule has 132 valence electrons. The zero-order chi connectivity index (χ0) is 17.6. The van der Waals surface area contributed by atoms with E-state index in [9.17, 15) is 13.6 Å². The molecule has 1 saturated heterocycles. The number of halogens is 2. The van der Waals surface area contributed by atoms with E-state index in [1.165, 1.54) is 18.2 Å². The fourth-order valence-electron chi connectivity index (χ4n) is 3.13. The van der Waals surface area contributed by atoms with Crippen molar-refractivity contribution in [2.75, 3.05) is 19.7 Å². The maximum absolute atomic E-state index is 13.5. The lowest BCUT2D eigenvalue weighted by Crippen LogP contribution is -2.38. The molecule has 1 fully saturated rings. The van der Waals surface area contributed by atoms with Crippen LogP contribution in [0, 0.1) is 17.6 Å². The highest BCUT2D eigenvalue weighted by Crippen LogP contribution is 2.23. The minimum absolute atomic E-state index is 0.124. The van der Waals surface area contributed by atoms with Gasteiger partial charge in [0.25, 0.3) is 5.91 Å². The molecule has 1 aliphatic rings. The van der Waals surface area contributed by atoms with Gasteiger partial charge in [-0.1, -0.05) is 18.2 Å². The lowest BCUT2D eigenvalue weighted by atomic mass is 9.93. The number of likely N-dealkylation sites (tertiary alicyclic amines) is 1. The Hall–Kier alpha value is -2.43. The van der Waals surface area contributed by atoms with E-state index in [0.29, 0.717) is 31.2 Å². The summed E-state index contributed by atoms with van der Waals surface area (Å²) < 4.78 is 32.2. The van der Waals surface area contributed by atoms with E-state index in [-0.39, 0.29) is 17.5 Å². The first-order valence-corrected chi connectivity index (χ1v) is 8.55. The molecule has 2 aromatic rings. The highest BCUT2D eigenvalue weighted by Gasteiger charge is 2.23. The van der Waals surface area contributed by atoms with Crippen molar-refractivity contribution in [3.63, 3.8) is 0 Å². The quantitative estimate of drug-likeness (QED) is 0.809. The van der Waals surface area contributed by atoms with Crippen molar-refractivity contribution < 1.29 is 18.3 Å². The third-order valence-electron chi connectivity index (χ3n) is 4.59. The molecule has 3 rings (SSSR count). The maximum Gasteiger partial charge on any atom is 0.253 e. The normalized spacial score (nSPS) is 15.2. The molecule has 0 bridgehead atoms. The van der Waals surface area contributed by atoms with Gasteiger partial charge in [0.2, 0.25) is 0 Å². The van der Waals surface area contributed by atoms with Gasteiger partial charge in [-0.25, -0.2) is 8.78 Å². The molecule has 1 aliphatic heterocycles. The van der Waals surface area contributed by atoms with Crippen LogP contribution in [0.25, 0.3) is 0 Å². The summed E-state index contributed by atoms with van der Waals surface area (Å²) >= 11 is 0. The summed E-state index contributed by atoms with van der Waals surface area (Å²) in [4.78, 5) is 14.2. The average molecular weight is 345 g/mol. The Balaban J connectivity index is 1.44. The summed E-state index contributed by atoms with van der Waals surface area (Å²) in [6.45, 7) is 1.77. The number of para-hydroxylation sites is 1. The van der Waals surface area contributed by atoms with Gasteiger partial charge in [0.05, 0.1) is 6.61 Å². The molecule has 0 aliphatic carbocycles. The Morgan fingerprint density at radius 1 is 1.08 bits per heavy atom. The predicted octanol–water partition coefficient (Wildman–Crippen LogP) is 4.29. The molecule has 0 radical (unpaired) electrons. The molecule has 1 amide bonds. The first-order chi connectivity index (χ1) is 12.1. The van der Waals surface area contributed by atoms with E-state index in [0.717, 1.165) is 19.3 Å². The Morgan fingerprint density at radius 2 is 1.84 bits per heavy atom. The summed E-state index contributed by atoms with van der Waals surface area (Å²) in [6, 6.07) is 12.2. The first-order valence-electron chi connectivity index (χ1n) is 8.55. The highest BCUT2D eigenvalue weighted by atomic mass is 19.1. The van der Waals surface area contributed by atoms with Crippen LogP contribution in [0.5, 0.6) is 5.75 Å². The molecule has 0 unspecified atom stereocenters. The number of piperidine rings is 1. The van der Waals surface area contributed by atoms with Crippen LogP contribution in [-0.2, 0) is 0 Å². The number of amides is 1. The molecule has 2 aromatic carbocycles. The van der Waals surface area contributed by atoms with Crippen LogP contribution < -0.4 is 4.74 Å². The number of rotatable bonds is 5. The van der Waals surface area contributed by atoms with Crippen LogP contribution in [0.1, 0.15) is 29.6 Å². The Morgan fingerprint density at radius 3 is 2.56 bits per heavy atom. The second-order valence-corrected chi connectivity index (χ2v) is 6.31. The van der Waals surface area contributed by atoms with Crippen molar-refractivity contribution in [3.8, 4) is 5.75 Å². The van der Waals surface area contributed by atoms with Crippen LogP contribution in [0.4, 0.5) is 8.78 Å². The number of hydrogen-bond donors (Lipinski definition) is 0. The second kappa shape index (κ2) is 8.10. The average Bonchev–Trinajstić information content (AvgIpc) is 2.63. The van der Waals surface area contributed by atoms with Gasteiger partial charge in [-0.05, 0) is 55.5 Å². The first kappa shape index (κ1) is 17.4. The summed E-state index contributed by atoms with van der Waals surface area (Å²) in [7, 11) is 0. The molecular weight excluding hydrogens is 324 g/mol. The minimum Gasteiger partial charge on any atom is -0.491 e. The van der Waals surface area contributed by atoms with Crippen molar-refractivity contribution in [2.24, 2.45) is 5.92 Å². The van der Waals surface area contributed by atoms with E-state index in [1.54, 1.807) is 35.2 Å². The van der Waals surface area contributed by atoms with Gasteiger partial charge >= 0.3 is 0 Å². The molecule has 0 N–H and O–H groups in total. The standard InChI is InChI=1S/C20H21F2NO2/c21-17-5-3-4-16(14-17)20(24)23-11-8-15(9-12-23)10-13-25-19-7-2-1-6-18(19)22/h1-7,14-15H,8-13H2. The number of carbonyl (C=O) groups is 1. The molecule has 5 heteroatoms. The van der Waals surface area contributed by atoms with Gasteiger partial charge in [0, 0.05) is 18.7 Å². The largest absolute Gasteiger partial charge is 0.491 e. The van der Waals surface area contributed by atoms with Gasteiger partial charge in [0.1, 0.15) is 5.82 Å². The van der Waals surface area contributed by atoms with Crippen LogP contribution in [0.15, 0.2) is 48.5 Å². The van der Waals surface area contributed by atoms with Gasteiger partial charge in [-0.3, -0.25) is 4.79 Å². The lowest BCUT2D eigenvalue weighted by Gasteiger charge is -2.32. The second-order valence-electron chi connectivity index (χ2n) is 6.31. The molecular formula is C20H21F2NO2. The zero-order valence-electron chi connectivity index (χ0n) is 14.0. The molecule has 0 saturated carbocycles. The fraction of sp³-hybridized carbons (Fsp3) is 0.350. The third-order valence-corrected chi connectivity index (χ3v) is 4.59. The van der Waals surface area contributed by atoms with Gasteiger partial charge < -0.3 is 9.64 Å². The fourth-order valence-corrected chi connectivity index (χ4v) is 3.13. The summed E-state index contributed by atoms with van der Waals surface area (Å²) in [5, 5.41) is 0. The minimum atomic E-state index is -0.397. The van der Waals surface area contributed by atoms with E-state index >= 15 is 0 Å². The van der Waals surface area contributed by atoms with E-state index in [4.69, 9.17) is 4.74 Å². The van der Waals surface area contributed by atoms with Crippen LogP contribution >= 0.6 is 0 Å². The number of carbonyl (C=O) groups excluding carboxylic acids is 1. The van der Waals surface area contributed by atoms with Crippen LogP contribution in [-0.4, -0.2) is 30.5 Å². The van der Waals surface area contributed by atoms with Crippen molar-refractivity contribution in [1.82, 2.24) is 4.90 Å². The SMILES string of the molecule is O=C(c1cccc(F)c1)N1CCC(CCOc2ccccc2F)CC1. The van der Waals surface area contributed by atoms with Crippen molar-refractivity contribution in [3.05, 3.63) is 65.7 Å². The Bertz CT molecular complexity index is 727.